The summed E-state index contributed by atoms with van der Waals surface area (Å²) in [5, 5.41) is 0. The van der Waals surface area contributed by atoms with Crippen molar-refractivity contribution in [1.29, 1.82) is 0 Å². The lowest BCUT2D eigenvalue weighted by Gasteiger charge is -2.65. The number of ether oxygens (including phenoxy) is 3. The molecule has 0 aromatic heterocycles. The maximum absolute atomic E-state index is 7.07. The fourth-order valence-corrected chi connectivity index (χ4v) is 11.7. The molecule has 0 bridgehead atoms. The van der Waals surface area contributed by atoms with Gasteiger partial charge < -0.3 is 36.3 Å². The molecule has 0 radical (unpaired) electrons. The Balaban J connectivity index is 1.54. The van der Waals surface area contributed by atoms with Crippen LogP contribution in [0.4, 0.5) is 0 Å². The highest BCUT2D eigenvalue weighted by Crippen LogP contribution is 2.69. The third kappa shape index (κ3) is 10.2. The molecule has 4 aliphatic rings. The zero-order chi connectivity index (χ0) is 35.3. The fraction of sp³-hybridized carbons (Fsp3) is 1.00. The molecule has 0 heterocycles. The van der Waals surface area contributed by atoms with E-state index in [4.69, 9.17) is 31.4 Å². The van der Waals surface area contributed by atoms with Crippen molar-refractivity contribution < 1.29 is 14.2 Å². The largest absolute Gasteiger partial charge is 0.378 e. The quantitative estimate of drug-likeness (QED) is 0.0888. The van der Waals surface area contributed by atoms with Gasteiger partial charge in [-0.15, -0.1) is 0 Å². The first-order chi connectivity index (χ1) is 23.8. The van der Waals surface area contributed by atoms with Crippen LogP contribution in [-0.2, 0) is 14.2 Å². The molecule has 0 saturated heterocycles. The van der Waals surface area contributed by atoms with Crippen LogP contribution in [0.2, 0.25) is 0 Å². The van der Waals surface area contributed by atoms with Crippen molar-refractivity contribution in [3.05, 3.63) is 0 Å². The maximum atomic E-state index is 7.07. The van der Waals surface area contributed by atoms with E-state index in [1.807, 2.05) is 0 Å². The topological polar surface area (TPSA) is 109 Å². The number of rotatable bonds is 24. The second-order valence-electron chi connectivity index (χ2n) is 17.5. The van der Waals surface area contributed by atoms with Crippen LogP contribution in [0.15, 0.2) is 0 Å². The lowest BCUT2D eigenvalue weighted by atomic mass is 9.43. The summed E-state index contributed by atoms with van der Waals surface area (Å²) in [5.74, 6) is 3.92. The van der Waals surface area contributed by atoms with Gasteiger partial charge in [0, 0.05) is 25.2 Å². The van der Waals surface area contributed by atoms with E-state index in [1.54, 1.807) is 0 Å². The highest BCUT2D eigenvalue weighted by Gasteiger charge is 2.66. The van der Waals surface area contributed by atoms with Gasteiger partial charge in [-0.3, -0.25) is 0 Å². The van der Waals surface area contributed by atoms with Gasteiger partial charge in [0.2, 0.25) is 0 Å². The van der Waals surface area contributed by atoms with Crippen molar-refractivity contribution in [2.45, 2.75) is 162 Å². The van der Waals surface area contributed by atoms with E-state index >= 15 is 0 Å². The second-order valence-corrected chi connectivity index (χ2v) is 17.5. The van der Waals surface area contributed by atoms with E-state index in [2.05, 4.69) is 39.5 Å². The molecule has 7 nitrogen and oxygen atoms in total. The number of hydrogen-bond acceptors (Lipinski definition) is 7. The van der Waals surface area contributed by atoms with Crippen LogP contribution in [0.5, 0.6) is 0 Å². The minimum absolute atomic E-state index is 0.180. The lowest BCUT2D eigenvalue weighted by molar-refractivity contribution is -0.227. The molecule has 4 fully saturated rings. The Hall–Kier alpha value is -0.280. The van der Waals surface area contributed by atoms with Gasteiger partial charge >= 0.3 is 0 Å². The Morgan fingerprint density at radius 2 is 1.35 bits per heavy atom. The summed E-state index contributed by atoms with van der Waals surface area (Å²) in [5.41, 5.74) is 18.3. The summed E-state index contributed by atoms with van der Waals surface area (Å²) in [6.07, 6.45) is 21.7. The molecule has 4 aliphatic carbocycles. The predicted molar refractivity (Wildman–Crippen MR) is 205 cm³/mol. The zero-order valence-corrected chi connectivity index (χ0v) is 33.0. The Labute approximate surface area is 303 Å². The maximum Gasteiger partial charge on any atom is 0.0637 e. The van der Waals surface area contributed by atoms with Crippen molar-refractivity contribution >= 4 is 0 Å². The minimum Gasteiger partial charge on any atom is -0.378 e. The van der Waals surface area contributed by atoms with Crippen LogP contribution in [0.3, 0.4) is 0 Å². The summed E-state index contributed by atoms with van der Waals surface area (Å²) < 4.78 is 20.5. The molecule has 6 N–H and O–H groups in total. The third-order valence-electron chi connectivity index (χ3n) is 14.5. The van der Waals surface area contributed by atoms with Crippen molar-refractivity contribution in [1.82, 2.24) is 4.90 Å². The summed E-state index contributed by atoms with van der Waals surface area (Å²) >= 11 is 0. The van der Waals surface area contributed by atoms with Gasteiger partial charge in [-0.1, -0.05) is 53.9 Å². The van der Waals surface area contributed by atoms with E-state index in [-0.39, 0.29) is 5.41 Å². The van der Waals surface area contributed by atoms with Gasteiger partial charge in [-0.2, -0.15) is 0 Å². The Kier molecular flexibility index (Phi) is 17.6. The number of nitrogens with two attached hydrogens (primary N) is 3. The molecule has 0 aromatic carbocycles. The lowest BCUT2D eigenvalue weighted by Crippen LogP contribution is -2.63. The molecule has 4 saturated carbocycles. The zero-order valence-electron chi connectivity index (χ0n) is 33.0. The molecular formula is C42H82N4O3. The number of fused-ring (bicyclic) bond motifs is 5. The highest BCUT2D eigenvalue weighted by molar-refractivity contribution is 5.15. The normalized spacial score (nSPS) is 36.4. The van der Waals surface area contributed by atoms with Crippen LogP contribution in [0.25, 0.3) is 0 Å². The van der Waals surface area contributed by atoms with Gasteiger partial charge in [-0.05, 0) is 170 Å². The summed E-state index contributed by atoms with van der Waals surface area (Å²) in [7, 11) is 0. The third-order valence-corrected chi connectivity index (χ3v) is 14.5. The Morgan fingerprint density at radius 1 is 0.694 bits per heavy atom. The average molecular weight is 691 g/mol. The predicted octanol–water partition coefficient (Wildman–Crippen LogP) is 7.78. The first-order valence-corrected chi connectivity index (χ1v) is 21.5. The van der Waals surface area contributed by atoms with Gasteiger partial charge in [-0.25, -0.2) is 0 Å². The van der Waals surface area contributed by atoms with Crippen molar-refractivity contribution in [2.24, 2.45) is 63.5 Å². The van der Waals surface area contributed by atoms with Crippen LogP contribution in [-0.4, -0.2) is 82.3 Å². The van der Waals surface area contributed by atoms with Crippen molar-refractivity contribution in [3.63, 3.8) is 0 Å². The summed E-state index contributed by atoms with van der Waals surface area (Å²) in [6, 6.07) is 0. The summed E-state index contributed by atoms with van der Waals surface area (Å²) in [6.45, 7) is 20.8. The molecule has 0 amide bonds. The molecule has 49 heavy (non-hydrogen) atoms. The van der Waals surface area contributed by atoms with Crippen LogP contribution in [0.1, 0.15) is 144 Å². The van der Waals surface area contributed by atoms with Gasteiger partial charge in [0.1, 0.15) is 0 Å². The average Bonchev–Trinajstić information content (AvgIpc) is 3.45. The second kappa shape index (κ2) is 20.8. The molecule has 0 aromatic rings. The molecule has 11 atom stereocenters. The van der Waals surface area contributed by atoms with E-state index in [9.17, 15) is 0 Å². The van der Waals surface area contributed by atoms with E-state index < -0.39 is 0 Å². The number of hydrogen-bond donors (Lipinski definition) is 3. The molecule has 4 rings (SSSR count). The molecule has 7 heteroatoms. The minimum atomic E-state index is 0.180. The SMILES string of the molecule is CCCCCN(CCCC)CCC[C@@H](C)[C@H]1CC[C@H]2C3[C@H](OCCCN)CC4C[C@H](OCCCN)CC[C@]4(C)[C@H]3C[C@H](OCCCN)C12C. The molecule has 0 aliphatic heterocycles. The molecule has 3 unspecified atom stereocenters. The monoisotopic (exact) mass is 691 g/mol. The fourth-order valence-electron chi connectivity index (χ4n) is 11.7. The smallest absolute Gasteiger partial charge is 0.0637 e. The Bertz CT molecular complexity index is 909. The Morgan fingerprint density at radius 3 is 2.04 bits per heavy atom. The number of nitrogens with zero attached hydrogens (tertiary/aromatic N) is 1. The highest BCUT2D eigenvalue weighted by atomic mass is 16.5. The first kappa shape index (κ1) is 41.5. The van der Waals surface area contributed by atoms with Crippen molar-refractivity contribution in [3.8, 4) is 0 Å². The van der Waals surface area contributed by atoms with Crippen LogP contribution >= 0.6 is 0 Å². The molecule has 0 spiro atoms. The van der Waals surface area contributed by atoms with Crippen molar-refractivity contribution in [2.75, 3.05) is 59.1 Å². The first-order valence-electron chi connectivity index (χ1n) is 21.5. The standard InChI is InChI=1S/C42H82N4O3/c1-6-8-10-24-46(23-9-7-2)25-11-15-32(3)35-16-17-36-40-37(31-39(42(35,36)5)49-28-14-22-45)41(4)19-18-34(47-26-12-20-43)29-33(41)30-38(40)48-27-13-21-44/h32-40H,6-31,43-45H2,1-5H3/t32-,33?,34-,35-,36+,37+,38-,39+,40?,41+,42?/m1/s1. The molecule has 288 valence electrons. The van der Waals surface area contributed by atoms with E-state index in [1.165, 1.54) is 103 Å². The van der Waals surface area contributed by atoms with Gasteiger partial charge in [0.25, 0.3) is 0 Å². The van der Waals surface area contributed by atoms with E-state index in [0.717, 1.165) is 45.5 Å². The van der Waals surface area contributed by atoms with E-state index in [0.29, 0.717) is 78.9 Å². The van der Waals surface area contributed by atoms with Crippen LogP contribution < -0.4 is 17.2 Å². The summed E-state index contributed by atoms with van der Waals surface area (Å²) in [4.78, 5) is 2.77. The van der Waals surface area contributed by atoms with Gasteiger partial charge in [0.15, 0.2) is 0 Å². The molecular weight excluding hydrogens is 608 g/mol. The van der Waals surface area contributed by atoms with Crippen LogP contribution in [0, 0.1) is 46.3 Å². The van der Waals surface area contributed by atoms with Gasteiger partial charge in [0.05, 0.1) is 18.3 Å². The number of unbranched alkanes of at least 4 members (excludes halogenated alkanes) is 3.